The van der Waals surface area contributed by atoms with Crippen LogP contribution in [0.4, 0.5) is 17.1 Å². The summed E-state index contributed by atoms with van der Waals surface area (Å²) < 4.78 is 14.0. The van der Waals surface area contributed by atoms with Gasteiger partial charge >= 0.3 is 0 Å². The van der Waals surface area contributed by atoms with Crippen LogP contribution < -0.4 is 4.90 Å². The second-order valence-corrected chi connectivity index (χ2v) is 23.1. The Morgan fingerprint density at radius 3 is 1.54 bits per heavy atom. The van der Waals surface area contributed by atoms with Crippen LogP contribution in [0, 0.1) is 0 Å². The summed E-state index contributed by atoms with van der Waals surface area (Å²) >= 11 is 0. The number of anilines is 3. The highest BCUT2D eigenvalue weighted by molar-refractivity contribution is 6.22. The monoisotopic (exact) mass is 975 g/mol. The van der Waals surface area contributed by atoms with Crippen molar-refractivity contribution in [1.29, 1.82) is 0 Å². The van der Waals surface area contributed by atoms with Crippen LogP contribution in [0.15, 0.2) is 221 Å². The normalized spacial score (nSPS) is 15.0. The van der Waals surface area contributed by atoms with Gasteiger partial charge in [0.15, 0.2) is 0 Å². The third kappa shape index (κ3) is 5.67. The van der Waals surface area contributed by atoms with Crippen molar-refractivity contribution in [3.63, 3.8) is 0 Å². The third-order valence-corrected chi connectivity index (χ3v) is 18.0. The van der Waals surface area contributed by atoms with Gasteiger partial charge in [0.25, 0.3) is 0 Å². The summed E-state index contributed by atoms with van der Waals surface area (Å²) in [4.78, 5) is 2.50. The summed E-state index contributed by atoms with van der Waals surface area (Å²) in [5.74, 6) is 0. The highest BCUT2D eigenvalue weighted by Gasteiger charge is 2.49. The van der Waals surface area contributed by atoms with Gasteiger partial charge in [-0.1, -0.05) is 199 Å². The van der Waals surface area contributed by atoms with Gasteiger partial charge in [0.05, 0.1) is 0 Å². The number of para-hydroxylation sites is 2. The minimum absolute atomic E-state index is 0.238. The number of hydrogen-bond donors (Lipinski definition) is 0. The molecule has 0 spiro atoms. The molecule has 3 aliphatic rings. The van der Waals surface area contributed by atoms with E-state index in [1.54, 1.807) is 0 Å². The van der Waals surface area contributed by atoms with Gasteiger partial charge in [-0.25, -0.2) is 0 Å². The van der Waals surface area contributed by atoms with Crippen LogP contribution in [0.25, 0.3) is 110 Å². The van der Waals surface area contributed by atoms with Crippen LogP contribution in [-0.4, -0.2) is 0 Å². The molecule has 0 aliphatic heterocycles. The zero-order valence-electron chi connectivity index (χ0n) is 43.5. The van der Waals surface area contributed by atoms with Crippen molar-refractivity contribution in [2.45, 2.75) is 57.8 Å². The van der Waals surface area contributed by atoms with E-state index in [1.165, 1.54) is 105 Å². The van der Waals surface area contributed by atoms with Crippen molar-refractivity contribution in [3.05, 3.63) is 246 Å². The number of nitrogens with zero attached hydrogens (tertiary/aromatic N) is 1. The second-order valence-electron chi connectivity index (χ2n) is 23.1. The first-order chi connectivity index (χ1) is 37.0. The van der Waals surface area contributed by atoms with E-state index in [9.17, 15) is 0 Å². The van der Waals surface area contributed by atoms with Crippen molar-refractivity contribution in [1.82, 2.24) is 0 Å². The average Bonchev–Trinajstić information content (AvgIpc) is 4.29. The molecule has 362 valence electrons. The van der Waals surface area contributed by atoms with E-state index >= 15 is 0 Å². The lowest BCUT2D eigenvalue weighted by Crippen LogP contribution is -2.24. The van der Waals surface area contributed by atoms with Crippen molar-refractivity contribution >= 4 is 71.7 Å². The Morgan fingerprint density at radius 2 is 0.816 bits per heavy atom. The molecule has 3 aliphatic carbocycles. The second kappa shape index (κ2) is 15.1. The standard InChI is InChI=1S/C73H53NO2/c1-71(2)57-39-46(34-36-51(57)62-59(71)41-55(69-64(62)53-27-15-18-30-60(53)75-69)49-25-13-12-24-48(49)43-21-8-7-9-22-43)74(45-33-32-42-20-10-11-23-44(42)38-45)47-35-37-52-58(40-47)73(5,6)67-63(52)65-54-28-16-19-31-61(54)76-70(65)66-50-26-14-17-29-56(50)72(3,4)68(66)67/h7-41H,1-6H3. The van der Waals surface area contributed by atoms with Crippen LogP contribution in [0.1, 0.15) is 74.9 Å². The first-order valence-electron chi connectivity index (χ1n) is 26.8. The third-order valence-electron chi connectivity index (χ3n) is 18.0. The molecule has 0 unspecified atom stereocenters. The minimum Gasteiger partial charge on any atom is -0.455 e. The molecule has 0 amide bonds. The topological polar surface area (TPSA) is 29.5 Å². The van der Waals surface area contributed by atoms with E-state index in [0.29, 0.717) is 0 Å². The molecule has 3 nitrogen and oxygen atoms in total. The van der Waals surface area contributed by atoms with Gasteiger partial charge in [-0.3, -0.25) is 0 Å². The number of fused-ring (bicyclic) bond motifs is 20. The van der Waals surface area contributed by atoms with E-state index in [1.807, 2.05) is 0 Å². The molecular weight excluding hydrogens is 923 g/mol. The highest BCUT2D eigenvalue weighted by Crippen LogP contribution is 2.64. The molecule has 0 bridgehead atoms. The average molecular weight is 976 g/mol. The zero-order chi connectivity index (χ0) is 51.0. The summed E-state index contributed by atoms with van der Waals surface area (Å²) in [5, 5.41) is 7.12. The number of benzene rings is 11. The van der Waals surface area contributed by atoms with Gasteiger partial charge in [0.2, 0.25) is 0 Å². The molecule has 76 heavy (non-hydrogen) atoms. The first-order valence-corrected chi connectivity index (χ1v) is 26.8. The van der Waals surface area contributed by atoms with Gasteiger partial charge in [-0.05, 0) is 143 Å². The van der Waals surface area contributed by atoms with E-state index in [4.69, 9.17) is 8.83 Å². The fourth-order valence-electron chi connectivity index (χ4n) is 14.4. The molecule has 0 saturated carbocycles. The minimum atomic E-state index is -0.357. The summed E-state index contributed by atoms with van der Waals surface area (Å²) in [7, 11) is 0. The lowest BCUT2D eigenvalue weighted by atomic mass is 9.72. The molecule has 13 aromatic rings. The Balaban J connectivity index is 0.917. The summed E-state index contributed by atoms with van der Waals surface area (Å²) in [6.45, 7) is 14.6. The maximum absolute atomic E-state index is 7.02. The molecule has 0 radical (unpaired) electrons. The number of furan rings is 2. The van der Waals surface area contributed by atoms with Crippen LogP contribution >= 0.6 is 0 Å². The molecule has 0 N–H and O–H groups in total. The summed E-state index contributed by atoms with van der Waals surface area (Å²) in [6, 6.07) is 78.4. The van der Waals surface area contributed by atoms with E-state index in [2.05, 4.69) is 259 Å². The van der Waals surface area contributed by atoms with E-state index < -0.39 is 0 Å². The Morgan fingerprint density at radius 1 is 0.316 bits per heavy atom. The van der Waals surface area contributed by atoms with Crippen molar-refractivity contribution in [2.24, 2.45) is 0 Å². The van der Waals surface area contributed by atoms with Crippen molar-refractivity contribution in [3.8, 4) is 55.6 Å². The van der Waals surface area contributed by atoms with Crippen LogP contribution in [0.2, 0.25) is 0 Å². The molecule has 2 heterocycles. The Labute approximate surface area is 442 Å². The van der Waals surface area contributed by atoms with E-state index in [-0.39, 0.29) is 16.2 Å². The van der Waals surface area contributed by atoms with Crippen molar-refractivity contribution < 1.29 is 8.83 Å². The predicted molar refractivity (Wildman–Crippen MR) is 317 cm³/mol. The molecule has 16 rings (SSSR count). The van der Waals surface area contributed by atoms with Gasteiger partial charge < -0.3 is 13.7 Å². The van der Waals surface area contributed by atoms with Gasteiger partial charge in [-0.2, -0.15) is 0 Å². The lowest BCUT2D eigenvalue weighted by molar-refractivity contribution is 0.600. The maximum atomic E-state index is 7.02. The van der Waals surface area contributed by atoms with Gasteiger partial charge in [-0.15, -0.1) is 0 Å². The molecule has 0 fully saturated rings. The van der Waals surface area contributed by atoms with Crippen LogP contribution in [0.3, 0.4) is 0 Å². The highest BCUT2D eigenvalue weighted by atomic mass is 16.3. The van der Waals surface area contributed by atoms with E-state index in [0.717, 1.165) is 55.9 Å². The number of rotatable bonds is 5. The first kappa shape index (κ1) is 43.5. The van der Waals surface area contributed by atoms with Gasteiger partial charge in [0.1, 0.15) is 22.3 Å². The molecule has 2 aromatic heterocycles. The van der Waals surface area contributed by atoms with Gasteiger partial charge in [0, 0.05) is 66.0 Å². The smallest absolute Gasteiger partial charge is 0.144 e. The Hall–Kier alpha value is -8.92. The molecule has 3 heteroatoms. The SMILES string of the molecule is CC1(C)c2cc(N(c3ccc4c(c3)C(C)(C)c3c5c(c6oc7ccccc7c6c3-4)-c3ccccc3C5(C)C)c3ccc4ccccc4c3)ccc2-c2c1cc(-c1ccccc1-c1ccccc1)c1oc3ccccc3c21. The van der Waals surface area contributed by atoms with Crippen LogP contribution in [0.5, 0.6) is 0 Å². The molecule has 0 atom stereocenters. The van der Waals surface area contributed by atoms with Crippen LogP contribution in [-0.2, 0) is 16.2 Å². The fraction of sp³-hybridized carbons (Fsp3) is 0.123. The lowest BCUT2D eigenvalue weighted by Gasteiger charge is -2.32. The Bertz CT molecular complexity index is 4670. The predicted octanol–water partition coefficient (Wildman–Crippen LogP) is 20.4. The quantitative estimate of drug-likeness (QED) is 0.172. The zero-order valence-corrected chi connectivity index (χ0v) is 43.5. The molecular formula is C73H53NO2. The largest absolute Gasteiger partial charge is 0.455 e. The fourth-order valence-corrected chi connectivity index (χ4v) is 14.4. The molecule has 11 aromatic carbocycles. The maximum Gasteiger partial charge on any atom is 0.144 e. The summed E-state index contributed by atoms with van der Waals surface area (Å²) in [6.07, 6.45) is 0. The Kier molecular flexibility index (Phi) is 8.65. The van der Waals surface area contributed by atoms with Crippen molar-refractivity contribution in [2.75, 3.05) is 4.90 Å². The molecule has 0 saturated heterocycles. The summed E-state index contributed by atoms with van der Waals surface area (Å²) in [5.41, 5.74) is 26.5. The number of hydrogen-bond acceptors (Lipinski definition) is 3.